The van der Waals surface area contributed by atoms with Gasteiger partial charge in [0, 0.05) is 88.2 Å². The SMILES string of the molecule is CC(=O)OC(C)(C)C.CC(C)(C)OC(=O)N1CCC(n2c(-c3ccc(F)cc3)c(C[C@@H]3CCCN3C(=O)[C@@H](NC(=O)OCc3ccccc3)C(C)(C)C)c3ccc(F)cc32)CC1.C[C@@H](C(=O)N[C@H](C(=O)N1CCC[C@H]1Cc1c(-c2ccc(F)cc2)n(C2CCN(C(=O)OC(C)(C)C)CC2)c2cc(F)ccc12)C(C)(C)C)N(C)C(=O)OC(C)(C)C. The summed E-state index contributed by atoms with van der Waals surface area (Å²) in [5.41, 5.74) is 3.72. The molecule has 4 fully saturated rings. The summed E-state index contributed by atoms with van der Waals surface area (Å²) in [4.78, 5) is 113. The highest BCUT2D eigenvalue weighted by molar-refractivity contribution is 5.95. The molecule has 0 bridgehead atoms. The van der Waals surface area contributed by atoms with Crippen molar-refractivity contribution in [1.82, 2.24) is 44.3 Å². The van der Waals surface area contributed by atoms with Crippen molar-refractivity contribution in [3.63, 3.8) is 0 Å². The first-order valence-electron chi connectivity index (χ1n) is 41.6. The van der Waals surface area contributed by atoms with Gasteiger partial charge in [0.1, 0.15) is 70.4 Å². The zero-order chi connectivity index (χ0) is 87.8. The number of hydrogen-bond acceptors (Lipinski definition) is 13. The van der Waals surface area contributed by atoms with Gasteiger partial charge in [0.2, 0.25) is 17.7 Å². The molecule has 26 heteroatoms. The van der Waals surface area contributed by atoms with E-state index in [2.05, 4.69) is 19.8 Å². The van der Waals surface area contributed by atoms with Crippen molar-refractivity contribution in [2.75, 3.05) is 46.3 Å². The second-order valence-electron chi connectivity index (χ2n) is 38.0. The second kappa shape index (κ2) is 38.1. The minimum absolute atomic E-state index is 0.0838. The molecule has 7 amide bonds. The fourth-order valence-corrected chi connectivity index (χ4v) is 16.0. The van der Waals surface area contributed by atoms with Crippen molar-refractivity contribution in [3.05, 3.63) is 155 Å². The van der Waals surface area contributed by atoms with Gasteiger partial charge in [0.25, 0.3) is 0 Å². The predicted octanol–water partition coefficient (Wildman–Crippen LogP) is 18.9. The van der Waals surface area contributed by atoms with Gasteiger partial charge in [-0.15, -0.1) is 0 Å². The molecular weight excluding hydrogens is 1530 g/mol. The van der Waals surface area contributed by atoms with Gasteiger partial charge >= 0.3 is 30.3 Å². The van der Waals surface area contributed by atoms with Crippen molar-refractivity contribution in [2.24, 2.45) is 10.8 Å². The first-order chi connectivity index (χ1) is 55.4. The van der Waals surface area contributed by atoms with Crippen LogP contribution in [0.1, 0.15) is 219 Å². The van der Waals surface area contributed by atoms with E-state index in [4.69, 9.17) is 23.7 Å². The van der Waals surface area contributed by atoms with Gasteiger partial charge in [-0.3, -0.25) is 24.1 Å². The fraction of sp³-hybridized carbons (Fsp3) is 0.548. The number of alkyl carbamates (subject to hydrolysis) is 1. The molecule has 2 N–H and O–H groups in total. The number of halogens is 4. The number of nitrogens with zero attached hydrogens (tertiary/aromatic N) is 7. The third-order valence-electron chi connectivity index (χ3n) is 21.6. The van der Waals surface area contributed by atoms with E-state index in [0.29, 0.717) is 95.2 Å². The standard InChI is InChI=1S/C44H61F2N5O6.C43H52F2N4O5.C6H12O2/c1-27(48(11)40(54)56-43(5,6)7)38(52)47-37(42(2,3)4)39(53)50-22-12-13-32(50)26-34-33-19-18-30(46)25-35(33)51(36(34)28-14-16-29(45)17-15-28)31-20-23-49(24-21-31)41(55)57-44(8,9)10;1-42(2,3)38(46-40(51)53-27-28-11-8-7-9-12-28)39(50)48-22-10-13-33(48)26-35-34-19-18-31(45)25-36(34)49(37(35)29-14-16-30(44)17-15-29)32-20-23-47(24-21-32)41(52)54-43(4,5)6;1-5(7)8-6(2,3)4/h14-19,25,27,31-32,37H,12-13,20-24,26H2,1-11H3,(H,47,52);7-9,11-12,14-19,25,32-33,38H,10,13,20-24,26-27H2,1-6H3,(H,46,51);1-4H3/t27-,32-,37+;33-,38+;/m00./s1. The van der Waals surface area contributed by atoms with Crippen LogP contribution in [0.4, 0.5) is 36.7 Å². The van der Waals surface area contributed by atoms with Gasteiger partial charge in [-0.05, 0) is 278 Å². The maximum atomic E-state index is 15.2. The fourth-order valence-electron chi connectivity index (χ4n) is 16.0. The molecule has 0 aliphatic carbocycles. The number of piperidine rings is 2. The van der Waals surface area contributed by atoms with Crippen molar-refractivity contribution in [1.29, 1.82) is 0 Å². The molecule has 11 rings (SSSR count). The predicted molar refractivity (Wildman–Crippen MR) is 453 cm³/mol. The molecule has 0 spiro atoms. The number of amides is 7. The lowest BCUT2D eigenvalue weighted by molar-refractivity contribution is -0.152. The minimum Gasteiger partial charge on any atom is -0.460 e. The minimum atomic E-state index is -0.910. The maximum absolute atomic E-state index is 15.2. The zero-order valence-corrected chi connectivity index (χ0v) is 73.5. The Morgan fingerprint density at radius 2 is 0.832 bits per heavy atom. The van der Waals surface area contributed by atoms with E-state index >= 15 is 8.78 Å². The molecule has 6 heterocycles. The Labute approximate surface area is 699 Å². The quantitative estimate of drug-likeness (QED) is 0.0521. The molecular formula is C93H125F4N9O13. The molecule has 0 unspecified atom stereocenters. The van der Waals surface area contributed by atoms with Crippen LogP contribution in [0, 0.1) is 34.1 Å². The van der Waals surface area contributed by atoms with Crippen LogP contribution in [-0.4, -0.2) is 181 Å². The van der Waals surface area contributed by atoms with Crippen LogP contribution in [-0.2, 0) is 62.3 Å². The van der Waals surface area contributed by atoms with Crippen molar-refractivity contribution < 1.29 is 79.6 Å². The lowest BCUT2D eigenvalue weighted by Crippen LogP contribution is -2.59. The zero-order valence-electron chi connectivity index (χ0n) is 73.5. The molecule has 648 valence electrons. The van der Waals surface area contributed by atoms with Crippen LogP contribution in [0.5, 0.6) is 0 Å². The molecule has 119 heavy (non-hydrogen) atoms. The number of aromatic nitrogens is 2. The van der Waals surface area contributed by atoms with Gasteiger partial charge in [0.15, 0.2) is 0 Å². The summed E-state index contributed by atoms with van der Waals surface area (Å²) in [6.07, 6.45) is 4.27. The van der Waals surface area contributed by atoms with Crippen molar-refractivity contribution in [3.8, 4) is 22.5 Å². The molecule has 4 saturated heterocycles. The highest BCUT2D eigenvalue weighted by Crippen LogP contribution is 2.45. The third-order valence-corrected chi connectivity index (χ3v) is 21.6. The third kappa shape index (κ3) is 24.8. The summed E-state index contributed by atoms with van der Waals surface area (Å²) in [7, 11) is 1.49. The van der Waals surface area contributed by atoms with Crippen LogP contribution in [0.25, 0.3) is 44.3 Å². The number of carbonyl (C=O) groups is 8. The lowest BCUT2D eigenvalue weighted by atomic mass is 9.85. The Balaban J connectivity index is 0.000000248. The molecule has 0 saturated carbocycles. The number of rotatable bonds is 16. The van der Waals surface area contributed by atoms with E-state index in [0.717, 1.165) is 69.2 Å². The number of likely N-dealkylation sites (N-methyl/N-ethyl adjacent to an activating group) is 1. The topological polar surface area (TPSA) is 233 Å². The summed E-state index contributed by atoms with van der Waals surface area (Å²) in [6.45, 7) is 39.2. The Bertz CT molecular complexity index is 4720. The van der Waals surface area contributed by atoms with Crippen LogP contribution in [0.3, 0.4) is 0 Å². The molecule has 2 aromatic heterocycles. The van der Waals surface area contributed by atoms with Gasteiger partial charge in [0.05, 0.1) is 22.4 Å². The summed E-state index contributed by atoms with van der Waals surface area (Å²) in [6, 6.07) is 28.2. The monoisotopic (exact) mass is 1650 g/mol. The number of nitrogens with one attached hydrogen (secondary N) is 2. The molecule has 4 aliphatic heterocycles. The van der Waals surface area contributed by atoms with Crippen LogP contribution in [0.15, 0.2) is 115 Å². The smallest absolute Gasteiger partial charge is 0.410 e. The van der Waals surface area contributed by atoms with Crippen LogP contribution < -0.4 is 10.6 Å². The van der Waals surface area contributed by atoms with Gasteiger partial charge < -0.3 is 63.1 Å². The molecule has 7 aromatic rings. The molecule has 4 aliphatic rings. The number of ether oxygens (including phenoxy) is 5. The highest BCUT2D eigenvalue weighted by atomic mass is 19.1. The van der Waals surface area contributed by atoms with E-state index < -0.39 is 69.7 Å². The van der Waals surface area contributed by atoms with Crippen LogP contribution in [0.2, 0.25) is 0 Å². The van der Waals surface area contributed by atoms with Gasteiger partial charge in [-0.25, -0.2) is 36.7 Å². The number of benzene rings is 5. The number of esters is 1. The van der Waals surface area contributed by atoms with E-state index in [1.165, 1.54) is 61.3 Å². The molecule has 22 nitrogen and oxygen atoms in total. The first-order valence-corrected chi connectivity index (χ1v) is 41.6. The Morgan fingerprint density at radius 3 is 1.18 bits per heavy atom. The van der Waals surface area contributed by atoms with E-state index in [1.807, 2.05) is 144 Å². The maximum Gasteiger partial charge on any atom is 0.410 e. The summed E-state index contributed by atoms with van der Waals surface area (Å²) in [5.74, 6) is -2.62. The van der Waals surface area contributed by atoms with Crippen LogP contribution >= 0.6 is 0 Å². The van der Waals surface area contributed by atoms with E-state index in [1.54, 1.807) is 80.0 Å². The number of fused-ring (bicyclic) bond motifs is 2. The number of carbonyl (C=O) groups excluding carboxylic acids is 8. The number of likely N-dealkylation sites (tertiary alicyclic amines) is 4. The average molecular weight is 1650 g/mol. The number of hydrogen-bond donors (Lipinski definition) is 2. The normalized spacial score (nSPS) is 17.3. The molecule has 5 aromatic carbocycles. The van der Waals surface area contributed by atoms with Crippen molar-refractivity contribution >= 4 is 69.9 Å². The second-order valence-corrected chi connectivity index (χ2v) is 38.0. The summed E-state index contributed by atoms with van der Waals surface area (Å²) < 4.78 is 90.3. The summed E-state index contributed by atoms with van der Waals surface area (Å²) in [5, 5.41) is 7.53. The Kier molecular flexibility index (Phi) is 29.7. The van der Waals surface area contributed by atoms with Gasteiger partial charge in [-0.1, -0.05) is 71.9 Å². The van der Waals surface area contributed by atoms with E-state index in [9.17, 15) is 47.1 Å². The average Bonchev–Trinajstić information content (AvgIpc) is 1.59. The van der Waals surface area contributed by atoms with E-state index in [-0.39, 0.29) is 83.8 Å². The largest absolute Gasteiger partial charge is 0.460 e. The summed E-state index contributed by atoms with van der Waals surface area (Å²) >= 11 is 0. The Hall–Kier alpha value is -10.1. The molecule has 5 atom stereocenters. The molecule has 0 radical (unpaired) electrons. The van der Waals surface area contributed by atoms with Crippen molar-refractivity contribution in [2.45, 2.75) is 274 Å². The first kappa shape index (κ1) is 92.7. The lowest BCUT2D eigenvalue weighted by Gasteiger charge is -2.37. The van der Waals surface area contributed by atoms with Gasteiger partial charge in [-0.2, -0.15) is 0 Å². The highest BCUT2D eigenvalue weighted by Gasteiger charge is 2.45. The Morgan fingerprint density at radius 1 is 0.462 bits per heavy atom.